The number of hydrazone groups is 1. The van der Waals surface area contributed by atoms with Crippen molar-refractivity contribution < 1.29 is 18.3 Å². The predicted octanol–water partition coefficient (Wildman–Crippen LogP) is 3.26. The van der Waals surface area contributed by atoms with Gasteiger partial charge in [0.2, 0.25) is 5.91 Å². The van der Waals surface area contributed by atoms with Gasteiger partial charge in [-0.2, -0.15) is 5.10 Å². The molecule has 6 nitrogen and oxygen atoms in total. The van der Waals surface area contributed by atoms with Gasteiger partial charge < -0.3 is 5.11 Å². The fraction of sp³-hybridized carbons (Fsp3) is 0.619. The van der Waals surface area contributed by atoms with E-state index in [9.17, 15) is 18.3 Å². The molecule has 0 aromatic heterocycles. The molecular formula is C21H32N2O4S. The maximum Gasteiger partial charge on any atom is 0.240 e. The van der Waals surface area contributed by atoms with Gasteiger partial charge in [-0.3, -0.25) is 4.79 Å². The summed E-state index contributed by atoms with van der Waals surface area (Å²) in [5.41, 5.74) is 4.43. The number of phenolic OH excluding ortho intramolecular Hbond substituents is 1. The number of amides is 1. The minimum Gasteiger partial charge on any atom is -0.507 e. The molecule has 1 atom stereocenters. The second-order valence-corrected chi connectivity index (χ2v) is 12.0. The lowest BCUT2D eigenvalue weighted by molar-refractivity contribution is -0.121. The van der Waals surface area contributed by atoms with Crippen molar-refractivity contribution in [1.82, 2.24) is 5.43 Å². The van der Waals surface area contributed by atoms with Gasteiger partial charge in [-0.1, -0.05) is 41.5 Å². The van der Waals surface area contributed by atoms with Crippen molar-refractivity contribution >= 4 is 22.0 Å². The fourth-order valence-electron chi connectivity index (χ4n) is 3.39. The lowest BCUT2D eigenvalue weighted by Gasteiger charge is -2.27. The minimum absolute atomic E-state index is 0.0754. The Balaban J connectivity index is 2.15. The molecule has 0 saturated carbocycles. The number of hydrogen-bond acceptors (Lipinski definition) is 5. The Morgan fingerprint density at radius 1 is 1.18 bits per heavy atom. The number of aromatic hydroxyl groups is 1. The van der Waals surface area contributed by atoms with Gasteiger partial charge in [-0.05, 0) is 40.9 Å². The van der Waals surface area contributed by atoms with E-state index in [-0.39, 0.29) is 40.6 Å². The lowest BCUT2D eigenvalue weighted by atomic mass is 9.78. The van der Waals surface area contributed by atoms with Gasteiger partial charge in [-0.15, -0.1) is 0 Å². The lowest BCUT2D eigenvalue weighted by Crippen LogP contribution is -2.22. The molecule has 28 heavy (non-hydrogen) atoms. The number of carbonyl (C=O) groups excluding carboxylic acids is 1. The zero-order valence-electron chi connectivity index (χ0n) is 17.7. The normalized spacial score (nSPS) is 19.9. The van der Waals surface area contributed by atoms with Crippen molar-refractivity contribution in [2.75, 3.05) is 11.5 Å². The molecule has 0 spiro atoms. The van der Waals surface area contributed by atoms with Crippen LogP contribution in [0.5, 0.6) is 5.75 Å². The van der Waals surface area contributed by atoms with Crippen LogP contribution >= 0.6 is 0 Å². The van der Waals surface area contributed by atoms with Crippen molar-refractivity contribution in [2.45, 2.75) is 65.2 Å². The Morgan fingerprint density at radius 3 is 2.14 bits per heavy atom. The molecule has 1 aliphatic heterocycles. The zero-order chi connectivity index (χ0) is 21.3. The first kappa shape index (κ1) is 22.4. The maximum atomic E-state index is 12.0. The quantitative estimate of drug-likeness (QED) is 0.590. The number of sulfone groups is 1. The molecule has 0 aliphatic carbocycles. The number of carbonyl (C=O) groups is 1. The fourth-order valence-corrected chi connectivity index (χ4v) is 5.26. The van der Waals surface area contributed by atoms with Crippen LogP contribution in [0.15, 0.2) is 17.2 Å². The number of benzene rings is 1. The van der Waals surface area contributed by atoms with Gasteiger partial charge in [0.15, 0.2) is 9.84 Å². The van der Waals surface area contributed by atoms with Crippen molar-refractivity contribution in [3.8, 4) is 5.75 Å². The van der Waals surface area contributed by atoms with Gasteiger partial charge in [0.05, 0.1) is 17.7 Å². The molecule has 1 aliphatic rings. The molecule has 1 aromatic carbocycles. The third kappa shape index (κ3) is 5.80. The molecule has 2 rings (SSSR count). The van der Waals surface area contributed by atoms with E-state index in [1.807, 2.05) is 53.7 Å². The molecule has 1 aromatic rings. The topological polar surface area (TPSA) is 95.8 Å². The Kier molecular flexibility index (Phi) is 6.28. The SMILES string of the molecule is CC(C)(C)c1cc(/C=N/NC(=O)C[C@@H]2CCS(=O)(=O)C2)cc(C(C)(C)C)c1O. The Hall–Kier alpha value is -1.89. The highest BCUT2D eigenvalue weighted by atomic mass is 32.2. The molecule has 1 amide bonds. The molecule has 2 N–H and O–H groups in total. The average molecular weight is 409 g/mol. The number of phenols is 1. The van der Waals surface area contributed by atoms with Crippen molar-refractivity contribution in [3.05, 3.63) is 28.8 Å². The van der Waals surface area contributed by atoms with Crippen molar-refractivity contribution in [1.29, 1.82) is 0 Å². The van der Waals surface area contributed by atoms with E-state index in [0.717, 1.165) is 16.7 Å². The van der Waals surface area contributed by atoms with E-state index >= 15 is 0 Å². The van der Waals surface area contributed by atoms with Crippen LogP contribution in [0.25, 0.3) is 0 Å². The number of nitrogens with one attached hydrogen (secondary N) is 1. The van der Waals surface area contributed by atoms with E-state index in [0.29, 0.717) is 12.2 Å². The molecule has 7 heteroatoms. The second kappa shape index (κ2) is 7.85. The molecule has 1 fully saturated rings. The summed E-state index contributed by atoms with van der Waals surface area (Å²) in [6.45, 7) is 12.2. The first-order valence-electron chi connectivity index (χ1n) is 9.59. The standard InChI is InChI=1S/C21H32N2O4S/c1-20(2,3)16-9-15(10-17(19(16)25)21(4,5)6)12-22-23-18(24)11-14-7-8-28(26,27)13-14/h9-10,12,14,25H,7-8,11,13H2,1-6H3,(H,23,24)/b22-12+/t14-/m0/s1. The van der Waals surface area contributed by atoms with E-state index in [2.05, 4.69) is 10.5 Å². The first-order valence-corrected chi connectivity index (χ1v) is 11.4. The third-order valence-electron chi connectivity index (χ3n) is 4.95. The summed E-state index contributed by atoms with van der Waals surface area (Å²) in [6.07, 6.45) is 2.25. The molecule has 156 valence electrons. The minimum atomic E-state index is -2.99. The Morgan fingerprint density at radius 2 is 1.71 bits per heavy atom. The van der Waals surface area contributed by atoms with Gasteiger partial charge >= 0.3 is 0 Å². The van der Waals surface area contributed by atoms with E-state index in [4.69, 9.17) is 0 Å². The van der Waals surface area contributed by atoms with Gasteiger partial charge in [0.1, 0.15) is 5.75 Å². The van der Waals surface area contributed by atoms with Gasteiger partial charge in [-0.25, -0.2) is 13.8 Å². The van der Waals surface area contributed by atoms with Crippen LogP contribution in [-0.4, -0.2) is 37.2 Å². The summed E-state index contributed by atoms with van der Waals surface area (Å²) in [5.74, 6) is 0.112. The van der Waals surface area contributed by atoms with Crippen LogP contribution in [-0.2, 0) is 25.5 Å². The van der Waals surface area contributed by atoms with Crippen molar-refractivity contribution in [2.24, 2.45) is 11.0 Å². The van der Waals surface area contributed by atoms with Crippen molar-refractivity contribution in [3.63, 3.8) is 0 Å². The smallest absolute Gasteiger partial charge is 0.240 e. The first-order chi connectivity index (χ1) is 12.7. The Labute approximate surface area is 168 Å². The van der Waals surface area contributed by atoms with Crippen LogP contribution in [0.2, 0.25) is 0 Å². The summed E-state index contributed by atoms with van der Waals surface area (Å²) in [5, 5.41) is 14.8. The summed E-state index contributed by atoms with van der Waals surface area (Å²) in [4.78, 5) is 12.0. The van der Waals surface area contributed by atoms with Crippen LogP contribution in [0.3, 0.4) is 0 Å². The van der Waals surface area contributed by atoms with E-state index in [1.165, 1.54) is 0 Å². The largest absolute Gasteiger partial charge is 0.507 e. The molecule has 0 bridgehead atoms. The highest BCUT2D eigenvalue weighted by Gasteiger charge is 2.29. The van der Waals surface area contributed by atoms with Gasteiger partial charge in [0.25, 0.3) is 0 Å². The van der Waals surface area contributed by atoms with Crippen LogP contribution in [0.4, 0.5) is 0 Å². The molecular weight excluding hydrogens is 376 g/mol. The monoisotopic (exact) mass is 408 g/mol. The molecule has 1 heterocycles. The third-order valence-corrected chi connectivity index (χ3v) is 6.79. The Bertz CT molecular complexity index is 840. The predicted molar refractivity (Wildman–Crippen MR) is 113 cm³/mol. The van der Waals surface area contributed by atoms with E-state index in [1.54, 1.807) is 6.21 Å². The number of rotatable bonds is 4. The number of hydrogen-bond donors (Lipinski definition) is 2. The zero-order valence-corrected chi connectivity index (χ0v) is 18.5. The second-order valence-electron chi connectivity index (χ2n) is 9.73. The van der Waals surface area contributed by atoms with Crippen LogP contribution in [0.1, 0.15) is 71.1 Å². The summed E-state index contributed by atoms with van der Waals surface area (Å²) >= 11 is 0. The van der Waals surface area contributed by atoms with Crippen LogP contribution in [0, 0.1) is 5.92 Å². The highest BCUT2D eigenvalue weighted by Crippen LogP contribution is 2.39. The molecule has 0 unspecified atom stereocenters. The van der Waals surface area contributed by atoms with Crippen LogP contribution < -0.4 is 5.43 Å². The molecule has 1 saturated heterocycles. The summed E-state index contributed by atoms with van der Waals surface area (Å²) < 4.78 is 23.0. The highest BCUT2D eigenvalue weighted by molar-refractivity contribution is 7.91. The molecule has 0 radical (unpaired) electrons. The number of nitrogens with zero attached hydrogens (tertiary/aromatic N) is 1. The van der Waals surface area contributed by atoms with Gasteiger partial charge in [0, 0.05) is 17.5 Å². The average Bonchev–Trinajstić information content (AvgIpc) is 2.85. The van der Waals surface area contributed by atoms with E-state index < -0.39 is 9.84 Å². The summed E-state index contributed by atoms with van der Waals surface area (Å²) in [7, 11) is -2.99. The summed E-state index contributed by atoms with van der Waals surface area (Å²) in [6, 6.07) is 3.76. The maximum absolute atomic E-state index is 12.0.